The number of hydrogen-bond acceptors (Lipinski definition) is 30. The second-order valence-corrected chi connectivity index (χ2v) is 28.4. The second-order valence-electron chi connectivity index (χ2n) is 26.2. The van der Waals surface area contributed by atoms with Gasteiger partial charge in [-0.2, -0.15) is 8.42 Å². The highest BCUT2D eigenvalue weighted by Gasteiger charge is 2.41. The predicted molar refractivity (Wildman–Crippen MR) is 448 cm³/mol. The minimum Gasteiger partial charge on any atom is -0.508 e. The fourth-order valence-corrected chi connectivity index (χ4v) is 14.8. The highest BCUT2D eigenvalue weighted by molar-refractivity contribution is 7.94. The summed E-state index contributed by atoms with van der Waals surface area (Å²) in [5, 5.41) is 72.8. The molecular weight excluding hydrogens is 1540 g/mol. The molecule has 0 amide bonds. The molecule has 12 aromatic carbocycles. The summed E-state index contributed by atoms with van der Waals surface area (Å²) in [6, 6.07) is 80.8. The number of benzene rings is 12. The highest BCUT2D eigenvalue weighted by Crippen LogP contribution is 2.57. The molecule has 0 unspecified atom stereocenters. The minimum absolute atomic E-state index is 0.161. The van der Waals surface area contributed by atoms with Crippen LogP contribution >= 0.6 is 12.0 Å². The first-order valence-electron chi connectivity index (χ1n) is 36.4. The summed E-state index contributed by atoms with van der Waals surface area (Å²) in [6.45, 7) is 4.00. The molecule has 0 atom stereocenters. The summed E-state index contributed by atoms with van der Waals surface area (Å²) in [7, 11) is -4.81. The molecule has 3 aliphatic heterocycles. The van der Waals surface area contributed by atoms with Crippen molar-refractivity contribution in [1.29, 1.82) is 0 Å². The van der Waals surface area contributed by atoms with Crippen molar-refractivity contribution in [3.8, 4) is 34.5 Å². The van der Waals surface area contributed by atoms with Gasteiger partial charge in [-0.1, -0.05) is 91.7 Å². The van der Waals surface area contributed by atoms with E-state index >= 15 is 0 Å². The van der Waals surface area contributed by atoms with Gasteiger partial charge in [-0.25, -0.2) is 65.1 Å². The van der Waals surface area contributed by atoms with E-state index in [0.29, 0.717) is 86.3 Å². The van der Waals surface area contributed by atoms with Gasteiger partial charge in [0.05, 0.1) is 94.5 Å². The predicted octanol–water partition coefficient (Wildman–Crippen LogP) is 19.4. The van der Waals surface area contributed by atoms with Gasteiger partial charge in [0.1, 0.15) is 39.4 Å². The summed E-state index contributed by atoms with van der Waals surface area (Å²) < 4.78 is 38.7. The molecule has 18 aromatic rings. The molecule has 0 aliphatic carbocycles. The van der Waals surface area contributed by atoms with Gasteiger partial charge in [0.15, 0.2) is 69.8 Å². The Bertz CT molecular complexity index is 6310. The number of phenolic OH excluding ortho intramolecular Hbond substituents is 6. The zero-order valence-electron chi connectivity index (χ0n) is 61.6. The Labute approximate surface area is 673 Å². The number of fused-ring (bicyclic) bond motifs is 12. The van der Waals surface area contributed by atoms with Gasteiger partial charge in [-0.15, -0.1) is 4.33 Å². The molecule has 578 valence electrons. The fraction of sp³-hybridized carbons (Fsp3) is 0.0233. The van der Waals surface area contributed by atoms with Gasteiger partial charge in [0.2, 0.25) is 0 Å². The van der Waals surface area contributed by atoms with E-state index < -0.39 is 20.8 Å². The van der Waals surface area contributed by atoms with Crippen molar-refractivity contribution in [1.82, 2.24) is 59.8 Å². The van der Waals surface area contributed by atoms with Gasteiger partial charge in [-0.3, -0.25) is 34.0 Å². The van der Waals surface area contributed by atoms with Crippen LogP contribution < -0.4 is 29.4 Å². The van der Waals surface area contributed by atoms with Crippen LogP contribution in [0.3, 0.4) is 0 Å². The zero-order chi connectivity index (χ0) is 81.0. The van der Waals surface area contributed by atoms with Crippen LogP contribution in [0.4, 0.5) is 104 Å². The molecule has 9 heterocycles. The lowest BCUT2D eigenvalue weighted by molar-refractivity contribution is -0.432. The SMILES string of the molecule is CC.O=S(=O)(O)c1cc(N2c3nc4ccccc4nc3N(c3ccc(O)c(SOOO)c3)c3nc4ccccc4nc32)ccc1O.Oc1ccc(N2c3nc4ccccc4nc3N(c3ccc(O)cc3)c3nc4ccccc4nc32)cc1.Oc1ccc(N2c3nc4ccccc4nc3N(c3ccc(O)cc3)c3nc4ccccc4nc32)cc1. The van der Waals surface area contributed by atoms with Crippen LogP contribution in [0.15, 0.2) is 289 Å². The van der Waals surface area contributed by atoms with E-state index in [4.69, 9.17) is 65.1 Å². The molecule has 0 fully saturated rings. The summed E-state index contributed by atoms with van der Waals surface area (Å²) in [5.41, 5.74) is 11.7. The van der Waals surface area contributed by atoms with E-state index in [1.165, 1.54) is 17.0 Å². The Hall–Kier alpha value is -15.6. The highest BCUT2D eigenvalue weighted by atomic mass is 32.2. The van der Waals surface area contributed by atoms with E-state index in [9.17, 15) is 43.6 Å². The van der Waals surface area contributed by atoms with Crippen LogP contribution in [0.25, 0.3) is 66.2 Å². The molecule has 0 saturated carbocycles. The first kappa shape index (κ1) is 73.9. The van der Waals surface area contributed by atoms with Crippen molar-refractivity contribution < 1.29 is 58.2 Å². The summed E-state index contributed by atoms with van der Waals surface area (Å²) in [6.07, 6.45) is 0. The zero-order valence-corrected chi connectivity index (χ0v) is 63.3. The largest absolute Gasteiger partial charge is 0.508 e. The maximum Gasteiger partial charge on any atom is 0.298 e. The smallest absolute Gasteiger partial charge is 0.298 e. The van der Waals surface area contributed by atoms with Crippen LogP contribution in [0.5, 0.6) is 34.5 Å². The molecule has 30 nitrogen and oxygen atoms in total. The molecule has 0 spiro atoms. The number of anilines is 18. The lowest BCUT2D eigenvalue weighted by atomic mass is 10.2. The van der Waals surface area contributed by atoms with Crippen LogP contribution in [-0.2, 0) is 19.5 Å². The molecule has 0 saturated heterocycles. The molecule has 118 heavy (non-hydrogen) atoms. The number of aromatic hydroxyl groups is 6. The Morgan fingerprint density at radius 1 is 0.263 bits per heavy atom. The molecule has 6 aromatic heterocycles. The first-order valence-corrected chi connectivity index (χ1v) is 38.6. The molecule has 8 N–H and O–H groups in total. The van der Waals surface area contributed by atoms with E-state index in [0.717, 1.165) is 79.0 Å². The van der Waals surface area contributed by atoms with E-state index in [1.807, 2.05) is 179 Å². The minimum atomic E-state index is -4.81. The van der Waals surface area contributed by atoms with Gasteiger partial charge in [0.25, 0.3) is 10.1 Å². The third-order valence-electron chi connectivity index (χ3n) is 19.0. The summed E-state index contributed by atoms with van der Waals surface area (Å²) >= 11 is 0.560. The lowest BCUT2D eigenvalue weighted by Gasteiger charge is -2.37. The van der Waals surface area contributed by atoms with Crippen molar-refractivity contribution in [3.63, 3.8) is 0 Å². The first-order chi connectivity index (χ1) is 57.5. The Kier molecular flexibility index (Phi) is 19.0. The average Bonchev–Trinajstić information content (AvgIpc) is 0.786. The average molecular weight is 1600 g/mol. The Balaban J connectivity index is 0.000000121. The van der Waals surface area contributed by atoms with Crippen LogP contribution in [0, 0.1) is 0 Å². The maximum atomic E-state index is 12.2. The standard InChI is InChI=1S/C28H18N6O8S2.2C28H18N6O2.C2H6/c35-21-11-9-15(13-23(21)43-42-41-37)33-25-27(31-19-7-3-1-5-17(19)29-25)34(16-10-12-22(36)24(14-16)44(38,39)40)28-26(33)30-18-6-2-4-8-20(18)32-28;2*35-19-13-9-17(10-14-19)33-25-26(30-22-6-2-1-5-21(22)29-25)34(18-11-15-20(36)16-12-18)28-27(33)31-23-7-3-4-8-24(23)32-28;1-2/h1-14,35-37H,(H,38,39,40);2*1-16,35-36H;1-2H3. The number of rotatable bonds is 10. The van der Waals surface area contributed by atoms with Crippen LogP contribution in [-0.4, -0.2) is 109 Å². The van der Waals surface area contributed by atoms with Crippen molar-refractivity contribution in [2.75, 3.05) is 29.4 Å². The molecule has 3 aliphatic rings. The molecular formula is C86H60N18O12S2. The molecule has 32 heteroatoms. The van der Waals surface area contributed by atoms with E-state index in [2.05, 4.69) is 9.37 Å². The number of aromatic nitrogens is 12. The Morgan fingerprint density at radius 2 is 0.449 bits per heavy atom. The number of hydrogen-bond donors (Lipinski definition) is 8. The number of nitrogens with zero attached hydrogens (tertiary/aromatic N) is 18. The quantitative estimate of drug-likeness (QED) is 0.0273. The molecule has 0 bridgehead atoms. The third kappa shape index (κ3) is 13.6. The van der Waals surface area contributed by atoms with Crippen molar-refractivity contribution >= 4 is 192 Å². The van der Waals surface area contributed by atoms with Gasteiger partial charge < -0.3 is 30.6 Å². The van der Waals surface area contributed by atoms with Crippen LogP contribution in [0.2, 0.25) is 0 Å². The Morgan fingerprint density at radius 3 is 0.653 bits per heavy atom. The van der Waals surface area contributed by atoms with Crippen molar-refractivity contribution in [2.45, 2.75) is 23.6 Å². The topological polar surface area (TPSA) is 389 Å². The van der Waals surface area contributed by atoms with Crippen molar-refractivity contribution in [2.24, 2.45) is 0 Å². The van der Waals surface area contributed by atoms with E-state index in [-0.39, 0.29) is 62.6 Å². The molecule has 0 radical (unpaired) electrons. The van der Waals surface area contributed by atoms with E-state index in [1.54, 1.807) is 114 Å². The lowest BCUT2D eigenvalue weighted by Crippen LogP contribution is -2.28. The summed E-state index contributed by atoms with van der Waals surface area (Å²) in [5.74, 6) is 5.37. The summed E-state index contributed by atoms with van der Waals surface area (Å²) in [4.78, 5) is 70.0. The second kappa shape index (κ2) is 30.4. The molecule has 21 rings (SSSR count). The van der Waals surface area contributed by atoms with Crippen molar-refractivity contribution in [3.05, 3.63) is 279 Å². The monoisotopic (exact) mass is 1600 g/mol. The van der Waals surface area contributed by atoms with Gasteiger partial charge in [-0.05, 0) is 206 Å². The van der Waals surface area contributed by atoms with Gasteiger partial charge >= 0.3 is 0 Å². The maximum absolute atomic E-state index is 12.2. The van der Waals surface area contributed by atoms with Crippen LogP contribution in [0.1, 0.15) is 13.8 Å². The third-order valence-corrected chi connectivity index (χ3v) is 20.5. The van der Waals surface area contributed by atoms with Gasteiger partial charge in [0, 0.05) is 22.7 Å². The number of para-hydroxylation sites is 12. The number of phenols is 6. The fourth-order valence-electron chi connectivity index (χ4n) is 13.8. The normalized spacial score (nSPS) is 12.5.